The highest BCUT2D eigenvalue weighted by Gasteiger charge is 2.32. The lowest BCUT2D eigenvalue weighted by Gasteiger charge is -2.37. The second-order valence-electron chi connectivity index (χ2n) is 4.47. The van der Waals surface area contributed by atoms with Crippen LogP contribution in [0.2, 0.25) is 0 Å². The Morgan fingerprint density at radius 3 is 3.12 bits per heavy atom. The lowest BCUT2D eigenvalue weighted by Crippen LogP contribution is -2.27. The van der Waals surface area contributed by atoms with Crippen LogP contribution in [0.25, 0.3) is 0 Å². The van der Waals surface area contributed by atoms with Gasteiger partial charge in [-0.1, -0.05) is 6.92 Å². The average Bonchev–Trinajstić information content (AvgIpc) is 2.79. The smallest absolute Gasteiger partial charge is 0.0945 e. The maximum Gasteiger partial charge on any atom is 0.0945 e. The van der Waals surface area contributed by atoms with E-state index < -0.39 is 0 Å². The minimum atomic E-state index is 0.406. The molecule has 1 aliphatic rings. The third kappa shape index (κ3) is 3.20. The Morgan fingerprint density at radius 1 is 1.56 bits per heavy atom. The first-order chi connectivity index (χ1) is 7.72. The topological polar surface area (TPSA) is 17.8 Å². The van der Waals surface area contributed by atoms with E-state index >= 15 is 0 Å². The fourth-order valence-electron chi connectivity index (χ4n) is 2.02. The summed E-state index contributed by atoms with van der Waals surface area (Å²) in [6.45, 7) is 5.80. The number of thioether (sulfide) groups is 2. The summed E-state index contributed by atoms with van der Waals surface area (Å²) in [6, 6.07) is 0. The van der Waals surface area contributed by atoms with Crippen LogP contribution in [0, 0.1) is 0 Å². The molecular weight excluding hydrogens is 236 g/mol. The maximum absolute atomic E-state index is 4.09. The van der Waals surface area contributed by atoms with Gasteiger partial charge in [-0.15, -0.1) is 23.5 Å². The van der Waals surface area contributed by atoms with Crippen LogP contribution in [0.1, 0.15) is 33.1 Å². The van der Waals surface area contributed by atoms with Gasteiger partial charge in [0.15, 0.2) is 0 Å². The van der Waals surface area contributed by atoms with Gasteiger partial charge >= 0.3 is 0 Å². The second kappa shape index (κ2) is 5.50. The molecule has 16 heavy (non-hydrogen) atoms. The third-order valence-electron chi connectivity index (χ3n) is 3.10. The Labute approximate surface area is 107 Å². The van der Waals surface area contributed by atoms with E-state index in [1.165, 1.54) is 25.0 Å². The molecule has 90 valence electrons. The molecule has 1 aromatic rings. The Kier molecular flexibility index (Phi) is 4.25. The first-order valence-electron chi connectivity index (χ1n) is 5.99. The van der Waals surface area contributed by atoms with Gasteiger partial charge in [-0.05, 0) is 31.9 Å². The number of imidazole rings is 1. The molecule has 2 nitrogen and oxygen atoms in total. The highest BCUT2D eigenvalue weighted by molar-refractivity contribution is 8.19. The van der Waals surface area contributed by atoms with Gasteiger partial charge in [0.1, 0.15) is 0 Å². The van der Waals surface area contributed by atoms with E-state index in [1.54, 1.807) is 0 Å². The van der Waals surface area contributed by atoms with Gasteiger partial charge in [0.25, 0.3) is 0 Å². The molecule has 0 bridgehead atoms. The van der Waals surface area contributed by atoms with Gasteiger partial charge in [-0.2, -0.15) is 0 Å². The monoisotopic (exact) mass is 256 g/mol. The van der Waals surface area contributed by atoms with Gasteiger partial charge in [0, 0.05) is 24.2 Å². The molecule has 0 saturated carbocycles. The van der Waals surface area contributed by atoms with Crippen LogP contribution >= 0.6 is 23.5 Å². The highest BCUT2D eigenvalue weighted by Crippen LogP contribution is 2.48. The van der Waals surface area contributed by atoms with E-state index in [0.717, 1.165) is 11.8 Å². The van der Waals surface area contributed by atoms with Crippen LogP contribution < -0.4 is 0 Å². The first kappa shape index (κ1) is 12.4. The first-order valence-corrected chi connectivity index (χ1v) is 7.86. The predicted octanol–water partition coefficient (Wildman–Crippen LogP) is 3.64. The highest BCUT2D eigenvalue weighted by atomic mass is 32.2. The molecule has 1 aromatic heterocycles. The zero-order chi connectivity index (χ0) is 11.4. The Bertz CT molecular complexity index is 313. The Morgan fingerprint density at radius 2 is 2.44 bits per heavy atom. The number of aryl methyl sites for hydroxylation is 1. The summed E-state index contributed by atoms with van der Waals surface area (Å²) in [5.41, 5.74) is 0. The molecule has 2 atom stereocenters. The van der Waals surface area contributed by atoms with Crippen molar-refractivity contribution in [3.8, 4) is 0 Å². The summed E-state index contributed by atoms with van der Waals surface area (Å²) in [5.74, 6) is 1.33. The van der Waals surface area contributed by atoms with Crippen LogP contribution in [-0.2, 0) is 6.54 Å². The zero-order valence-electron chi connectivity index (χ0n) is 10.1. The van der Waals surface area contributed by atoms with Gasteiger partial charge in [0.2, 0.25) is 0 Å². The number of hydrogen-bond donors (Lipinski definition) is 0. The second-order valence-corrected chi connectivity index (χ2v) is 8.13. The molecule has 0 aromatic carbocycles. The van der Waals surface area contributed by atoms with Crippen LogP contribution in [-0.4, -0.2) is 24.6 Å². The van der Waals surface area contributed by atoms with Crippen molar-refractivity contribution in [2.75, 3.05) is 5.75 Å². The summed E-state index contributed by atoms with van der Waals surface area (Å²) in [7, 11) is 0. The molecule has 0 radical (unpaired) electrons. The maximum atomic E-state index is 4.09. The molecular formula is C12H20N2S2. The summed E-state index contributed by atoms with van der Waals surface area (Å²) < 4.78 is 2.59. The normalized spacial score (nSPS) is 30.5. The number of nitrogens with zero attached hydrogens (tertiary/aromatic N) is 2. The van der Waals surface area contributed by atoms with Crippen molar-refractivity contribution in [2.45, 2.75) is 49.0 Å². The third-order valence-corrected chi connectivity index (χ3v) is 6.60. The van der Waals surface area contributed by atoms with Crippen molar-refractivity contribution in [3.05, 3.63) is 18.7 Å². The molecule has 2 rings (SSSR count). The van der Waals surface area contributed by atoms with E-state index in [0.29, 0.717) is 4.08 Å². The molecule has 2 heterocycles. The summed E-state index contributed by atoms with van der Waals surface area (Å²) in [4.78, 5) is 4.09. The van der Waals surface area contributed by atoms with Crippen molar-refractivity contribution >= 4 is 23.5 Å². The Hall–Kier alpha value is -0.0900. The van der Waals surface area contributed by atoms with E-state index in [1.807, 2.05) is 12.5 Å². The fraction of sp³-hybridized carbons (Fsp3) is 0.750. The zero-order valence-corrected chi connectivity index (χ0v) is 11.7. The lowest BCUT2D eigenvalue weighted by atomic mass is 10.2. The van der Waals surface area contributed by atoms with Crippen LogP contribution in [0.5, 0.6) is 0 Å². The molecule has 1 fully saturated rings. The van der Waals surface area contributed by atoms with Crippen LogP contribution in [0.15, 0.2) is 18.7 Å². The molecule has 2 unspecified atom stereocenters. The van der Waals surface area contributed by atoms with E-state index in [2.05, 4.69) is 53.1 Å². The predicted molar refractivity (Wildman–Crippen MR) is 74.0 cm³/mol. The average molecular weight is 256 g/mol. The van der Waals surface area contributed by atoms with Gasteiger partial charge in [0.05, 0.1) is 10.4 Å². The van der Waals surface area contributed by atoms with Crippen molar-refractivity contribution < 1.29 is 0 Å². The molecule has 1 aliphatic heterocycles. The summed E-state index contributed by atoms with van der Waals surface area (Å²) in [5, 5.41) is 0.869. The number of rotatable bonds is 4. The quantitative estimate of drug-likeness (QED) is 0.819. The van der Waals surface area contributed by atoms with Gasteiger partial charge in [-0.3, -0.25) is 0 Å². The van der Waals surface area contributed by atoms with Gasteiger partial charge < -0.3 is 4.57 Å². The molecule has 0 spiro atoms. The van der Waals surface area contributed by atoms with E-state index in [4.69, 9.17) is 0 Å². The van der Waals surface area contributed by atoms with Crippen LogP contribution in [0.3, 0.4) is 0 Å². The lowest BCUT2D eigenvalue weighted by molar-refractivity contribution is 0.611. The van der Waals surface area contributed by atoms with Gasteiger partial charge in [-0.25, -0.2) is 4.98 Å². The molecule has 0 N–H and O–H groups in total. The number of aromatic nitrogens is 2. The summed E-state index contributed by atoms with van der Waals surface area (Å²) >= 11 is 4.32. The largest absolute Gasteiger partial charge is 0.337 e. The fourth-order valence-corrected chi connectivity index (χ4v) is 5.49. The van der Waals surface area contributed by atoms with E-state index in [-0.39, 0.29) is 0 Å². The summed E-state index contributed by atoms with van der Waals surface area (Å²) in [6.07, 6.45) is 9.75. The number of hydrogen-bond acceptors (Lipinski definition) is 3. The molecule has 0 amide bonds. The minimum Gasteiger partial charge on any atom is -0.337 e. The SMILES string of the molecule is CCC1CCSC(C)(CCn2ccnc2)S1. The Balaban J connectivity index is 1.87. The van der Waals surface area contributed by atoms with E-state index in [9.17, 15) is 0 Å². The molecule has 1 saturated heterocycles. The van der Waals surface area contributed by atoms with Crippen molar-refractivity contribution in [1.29, 1.82) is 0 Å². The molecule has 4 heteroatoms. The molecule has 0 aliphatic carbocycles. The standard InChI is InChI=1S/C12H20N2S2/c1-3-11-4-9-15-12(2,16-11)5-7-14-8-6-13-10-14/h6,8,10-11H,3-5,7,9H2,1-2H3. The van der Waals surface area contributed by atoms with Crippen LogP contribution in [0.4, 0.5) is 0 Å². The van der Waals surface area contributed by atoms with Crippen molar-refractivity contribution in [1.82, 2.24) is 9.55 Å². The van der Waals surface area contributed by atoms with Crippen molar-refractivity contribution in [3.63, 3.8) is 0 Å². The minimum absolute atomic E-state index is 0.406. The van der Waals surface area contributed by atoms with Crippen molar-refractivity contribution in [2.24, 2.45) is 0 Å².